The number of aliphatic carboxylic acids is 1. The largest absolute Gasteiger partial charge is 0.481 e. The van der Waals surface area contributed by atoms with Crippen LogP contribution in [0.3, 0.4) is 0 Å². The van der Waals surface area contributed by atoms with Crippen molar-refractivity contribution < 1.29 is 42.6 Å². The first-order valence-electron chi connectivity index (χ1n) is 20.7. The Bertz CT molecular complexity index is 1220. The standard InChI is InChI=1S/C21H44N2O4Si.C17H35NO5Si.C4H11N/c1-13-15(2)22-18(24)16(3)17(27-28(11,12)21(7,8)9)14-23(10)19(25)26-20(4,5)6;1-12(14(19)20)13(23-24(9,10)17(5,6)7)11-18(8)15(21)22-16(2,3)4;1-3-4(2)5/h15-17H,13-14H2,1-12H3,(H,22,24);12-13H,11H2,1-10H3,(H,19,20);4H,3,5H2,1-2H3. The molecule has 4 N–H and O–H groups in total. The molecule has 0 aliphatic rings. The Kier molecular flexibility index (Phi) is 25.0. The second kappa shape index (κ2) is 24.1. The van der Waals surface area contributed by atoms with Crippen LogP contribution >= 0.6 is 0 Å². The summed E-state index contributed by atoms with van der Waals surface area (Å²) in [5.41, 5.74) is 4.13. The number of nitrogens with zero attached hydrogens (tertiary/aromatic N) is 2. The number of carboxylic acids is 1. The van der Waals surface area contributed by atoms with Gasteiger partial charge in [0.1, 0.15) is 11.2 Å². The van der Waals surface area contributed by atoms with E-state index in [0.717, 1.165) is 12.8 Å². The molecule has 0 aliphatic heterocycles. The van der Waals surface area contributed by atoms with Gasteiger partial charge in [0.2, 0.25) is 5.91 Å². The summed E-state index contributed by atoms with van der Waals surface area (Å²) < 4.78 is 23.7. The number of nitrogens with one attached hydrogen (secondary N) is 1. The Morgan fingerprint density at radius 2 is 0.930 bits per heavy atom. The molecule has 0 bridgehead atoms. The van der Waals surface area contributed by atoms with Gasteiger partial charge in [-0.1, -0.05) is 62.3 Å². The van der Waals surface area contributed by atoms with Gasteiger partial charge in [-0.05, 0) is 111 Å². The molecule has 0 radical (unpaired) electrons. The van der Waals surface area contributed by atoms with E-state index in [-0.39, 0.29) is 34.5 Å². The van der Waals surface area contributed by atoms with E-state index in [2.05, 4.69) is 80.0 Å². The Hall–Kier alpha value is -2.21. The molecule has 6 unspecified atom stereocenters. The third kappa shape index (κ3) is 25.1. The van der Waals surface area contributed by atoms with E-state index in [9.17, 15) is 24.3 Å². The first-order chi connectivity index (χ1) is 25.2. The second-order valence-corrected chi connectivity index (χ2v) is 30.2. The van der Waals surface area contributed by atoms with E-state index >= 15 is 0 Å². The van der Waals surface area contributed by atoms with Crippen LogP contribution in [0.15, 0.2) is 0 Å². The van der Waals surface area contributed by atoms with Crippen molar-refractivity contribution >= 4 is 40.7 Å². The van der Waals surface area contributed by atoms with Gasteiger partial charge >= 0.3 is 18.2 Å². The van der Waals surface area contributed by atoms with Crippen LogP contribution in [0.4, 0.5) is 9.59 Å². The zero-order chi connectivity index (χ0) is 46.3. The number of nitrogens with two attached hydrogens (primary N) is 1. The molecule has 0 aromatic rings. The SMILES string of the molecule is CC(C(=O)O)C(CN(C)C(=O)OC(C)(C)C)O[Si](C)(C)C(C)(C)C.CCC(C)N.CCC(C)NC(=O)C(C)C(CN(C)C(=O)OC(C)(C)C)O[Si](C)(C)C(C)(C)C. The van der Waals surface area contributed by atoms with Gasteiger partial charge in [-0.2, -0.15) is 0 Å². The maximum Gasteiger partial charge on any atom is 0.410 e. The van der Waals surface area contributed by atoms with E-state index in [4.69, 9.17) is 24.1 Å². The van der Waals surface area contributed by atoms with Crippen LogP contribution in [0.2, 0.25) is 36.3 Å². The van der Waals surface area contributed by atoms with E-state index in [1.807, 2.05) is 48.5 Å². The molecule has 3 amide bonds. The van der Waals surface area contributed by atoms with Crippen molar-refractivity contribution in [3.63, 3.8) is 0 Å². The minimum atomic E-state index is -2.17. The van der Waals surface area contributed by atoms with E-state index in [0.29, 0.717) is 12.6 Å². The maximum atomic E-state index is 12.8. The van der Waals surface area contributed by atoms with Crippen molar-refractivity contribution in [2.45, 2.75) is 209 Å². The van der Waals surface area contributed by atoms with Crippen molar-refractivity contribution in [3.05, 3.63) is 0 Å². The number of carboxylic acid groups (broad SMARTS) is 1. The fourth-order valence-corrected chi connectivity index (χ4v) is 6.66. The van der Waals surface area contributed by atoms with Crippen molar-refractivity contribution in [3.8, 4) is 0 Å². The molecule has 57 heavy (non-hydrogen) atoms. The fraction of sp³-hybridized carbons (Fsp3) is 0.905. The van der Waals surface area contributed by atoms with Crippen LogP contribution in [-0.2, 0) is 27.9 Å². The summed E-state index contributed by atoms with van der Waals surface area (Å²) in [6.07, 6.45) is 0.0717. The van der Waals surface area contributed by atoms with Gasteiger partial charge in [0.25, 0.3) is 0 Å². The highest BCUT2D eigenvalue weighted by Gasteiger charge is 2.43. The van der Waals surface area contributed by atoms with Gasteiger partial charge in [0.15, 0.2) is 16.6 Å². The molecule has 0 aliphatic carbocycles. The van der Waals surface area contributed by atoms with Crippen LogP contribution in [0.25, 0.3) is 0 Å². The summed E-state index contributed by atoms with van der Waals surface area (Å²) >= 11 is 0. The lowest BCUT2D eigenvalue weighted by atomic mass is 10.0. The fourth-order valence-electron chi connectivity index (χ4n) is 3.88. The predicted octanol–water partition coefficient (Wildman–Crippen LogP) is 9.50. The molecular formula is C42H90N4O9Si2. The average Bonchev–Trinajstić information content (AvgIpc) is 3.00. The van der Waals surface area contributed by atoms with Crippen molar-refractivity contribution in [1.29, 1.82) is 0 Å². The van der Waals surface area contributed by atoms with Crippen molar-refractivity contribution in [2.75, 3.05) is 27.2 Å². The summed E-state index contributed by atoms with van der Waals surface area (Å²) in [6.45, 7) is 44.2. The molecule has 0 fully saturated rings. The molecule has 340 valence electrons. The molecule has 0 spiro atoms. The first-order valence-corrected chi connectivity index (χ1v) is 26.5. The third-order valence-corrected chi connectivity index (χ3v) is 19.4. The first kappa shape index (κ1) is 59.1. The molecular weight excluding hydrogens is 761 g/mol. The topological polar surface area (TPSA) is 170 Å². The Balaban J connectivity index is -0.000000921. The summed E-state index contributed by atoms with van der Waals surface area (Å²) in [7, 11) is -1.01. The van der Waals surface area contributed by atoms with Gasteiger partial charge < -0.3 is 44.3 Å². The molecule has 0 aromatic heterocycles. The summed E-state index contributed by atoms with van der Waals surface area (Å²) in [5, 5.41) is 12.4. The smallest absolute Gasteiger partial charge is 0.410 e. The molecule has 0 saturated heterocycles. The molecule has 0 rings (SSSR count). The normalized spacial score (nSPS) is 15.8. The van der Waals surface area contributed by atoms with E-state index in [1.165, 1.54) is 9.80 Å². The zero-order valence-corrected chi connectivity index (χ0v) is 43.0. The quantitative estimate of drug-likeness (QED) is 0.135. The second-order valence-electron chi connectivity index (χ2n) is 20.7. The third-order valence-electron chi connectivity index (χ3n) is 10.4. The predicted molar refractivity (Wildman–Crippen MR) is 240 cm³/mol. The van der Waals surface area contributed by atoms with Gasteiger partial charge in [-0.25, -0.2) is 9.59 Å². The monoisotopic (exact) mass is 851 g/mol. The molecule has 0 aromatic carbocycles. The number of hydrogen-bond acceptors (Lipinski definition) is 9. The Labute approximate surface area is 351 Å². The number of carbonyl (C=O) groups excluding carboxylic acids is 3. The lowest BCUT2D eigenvalue weighted by molar-refractivity contribution is -0.144. The number of ether oxygens (including phenoxy) is 2. The number of hydrogen-bond donors (Lipinski definition) is 3. The number of rotatable bonds is 15. The lowest BCUT2D eigenvalue weighted by Gasteiger charge is -2.41. The van der Waals surface area contributed by atoms with Crippen molar-refractivity contribution in [1.82, 2.24) is 15.1 Å². The number of likely N-dealkylation sites (N-methyl/N-ethyl adjacent to an activating group) is 2. The summed E-state index contributed by atoms with van der Waals surface area (Å²) in [5.74, 6) is -2.08. The van der Waals surface area contributed by atoms with Crippen LogP contribution in [-0.4, -0.2) is 118 Å². The van der Waals surface area contributed by atoms with E-state index < -0.39 is 64.1 Å². The highest BCUT2D eigenvalue weighted by molar-refractivity contribution is 6.74. The van der Waals surface area contributed by atoms with Crippen LogP contribution < -0.4 is 11.1 Å². The maximum absolute atomic E-state index is 12.8. The molecule has 15 heteroatoms. The molecule has 0 heterocycles. The highest BCUT2D eigenvalue weighted by atomic mass is 28.4. The van der Waals surface area contributed by atoms with Crippen LogP contribution in [0.1, 0.15) is 137 Å². The van der Waals surface area contributed by atoms with Crippen LogP contribution in [0.5, 0.6) is 0 Å². The number of amides is 3. The zero-order valence-electron chi connectivity index (χ0n) is 41.0. The van der Waals surface area contributed by atoms with Gasteiger partial charge in [0, 0.05) is 39.3 Å². The summed E-state index contributed by atoms with van der Waals surface area (Å²) in [6, 6.07) is 0.488. The van der Waals surface area contributed by atoms with Gasteiger partial charge in [-0.15, -0.1) is 0 Å². The van der Waals surface area contributed by atoms with Crippen LogP contribution in [0, 0.1) is 11.8 Å². The Morgan fingerprint density at radius 3 is 1.16 bits per heavy atom. The molecule has 13 nitrogen and oxygen atoms in total. The average molecular weight is 851 g/mol. The highest BCUT2D eigenvalue weighted by Crippen LogP contribution is 2.39. The van der Waals surface area contributed by atoms with E-state index in [1.54, 1.807) is 41.8 Å². The number of carbonyl (C=O) groups is 4. The molecule has 0 saturated carbocycles. The van der Waals surface area contributed by atoms with Gasteiger partial charge in [0.05, 0.1) is 24.0 Å². The summed E-state index contributed by atoms with van der Waals surface area (Å²) in [4.78, 5) is 51.7. The van der Waals surface area contributed by atoms with Crippen molar-refractivity contribution in [2.24, 2.45) is 17.6 Å². The minimum Gasteiger partial charge on any atom is -0.481 e. The minimum absolute atomic E-state index is 0.00263. The van der Waals surface area contributed by atoms with Gasteiger partial charge in [-0.3, -0.25) is 9.59 Å². The Morgan fingerprint density at radius 1 is 0.632 bits per heavy atom. The lowest BCUT2D eigenvalue weighted by Crippen LogP contribution is -2.52. The molecule has 6 atom stereocenters.